The monoisotopic (exact) mass is 1280 g/mol. The van der Waals surface area contributed by atoms with E-state index in [2.05, 4.69) is 55.4 Å². The summed E-state index contributed by atoms with van der Waals surface area (Å²) in [6.45, 7) is 14.0. The molecule has 0 spiro atoms. The van der Waals surface area contributed by atoms with Gasteiger partial charge in [0.05, 0.1) is 26.4 Å². The van der Waals surface area contributed by atoms with Crippen molar-refractivity contribution in [1.29, 1.82) is 0 Å². The molecule has 0 aliphatic carbocycles. The van der Waals surface area contributed by atoms with E-state index in [0.29, 0.717) is 37.5 Å². The zero-order chi connectivity index (χ0) is 64.7. The summed E-state index contributed by atoms with van der Waals surface area (Å²) in [6, 6.07) is 0. The van der Waals surface area contributed by atoms with Gasteiger partial charge in [-0.2, -0.15) is 0 Å². The van der Waals surface area contributed by atoms with E-state index in [1.54, 1.807) is 0 Å². The molecule has 0 aromatic heterocycles. The fraction of sp³-hybridized carbons (Fsp3) is 0.941. The molecule has 0 aliphatic heterocycles. The van der Waals surface area contributed by atoms with Crippen molar-refractivity contribution in [3.8, 4) is 0 Å². The molecule has 0 fully saturated rings. The lowest BCUT2D eigenvalue weighted by Gasteiger charge is -2.21. The van der Waals surface area contributed by atoms with E-state index in [4.69, 9.17) is 37.0 Å². The molecule has 0 bridgehead atoms. The Labute approximate surface area is 530 Å². The number of carbonyl (C=O) groups is 4. The predicted octanol–water partition coefficient (Wildman–Crippen LogP) is 18.9. The Morgan fingerprint density at radius 1 is 0.322 bits per heavy atom. The third kappa shape index (κ3) is 61.3. The molecular formula is C68H132O17P2. The van der Waals surface area contributed by atoms with Crippen molar-refractivity contribution in [3.05, 3.63) is 0 Å². The van der Waals surface area contributed by atoms with Crippen LogP contribution in [0.4, 0.5) is 0 Å². The van der Waals surface area contributed by atoms with Crippen molar-refractivity contribution in [3.63, 3.8) is 0 Å². The highest BCUT2D eigenvalue weighted by atomic mass is 31.2. The lowest BCUT2D eigenvalue weighted by atomic mass is 9.99. The van der Waals surface area contributed by atoms with Gasteiger partial charge in [-0.3, -0.25) is 37.3 Å². The molecule has 0 aromatic rings. The maximum atomic E-state index is 13.0. The van der Waals surface area contributed by atoms with Crippen LogP contribution >= 0.6 is 15.6 Å². The molecule has 0 aliphatic rings. The fourth-order valence-corrected chi connectivity index (χ4v) is 11.7. The minimum absolute atomic E-state index is 0.102. The average Bonchev–Trinajstić information content (AvgIpc) is 3.67. The Kier molecular flexibility index (Phi) is 56.6. The lowest BCUT2D eigenvalue weighted by Crippen LogP contribution is -2.30. The summed E-state index contributed by atoms with van der Waals surface area (Å²) >= 11 is 0. The number of aliphatic hydroxyl groups excluding tert-OH is 1. The summed E-state index contributed by atoms with van der Waals surface area (Å²) < 4.78 is 68.1. The Morgan fingerprint density at radius 3 is 0.816 bits per heavy atom. The second kappa shape index (κ2) is 57.9. The van der Waals surface area contributed by atoms with E-state index < -0.39 is 97.5 Å². The van der Waals surface area contributed by atoms with Crippen LogP contribution in [-0.4, -0.2) is 96.7 Å². The summed E-state index contributed by atoms with van der Waals surface area (Å²) in [5, 5.41) is 10.6. The first-order valence-electron chi connectivity index (χ1n) is 35.2. The number of aliphatic hydroxyl groups is 1. The van der Waals surface area contributed by atoms with Crippen molar-refractivity contribution in [2.75, 3.05) is 39.6 Å². The molecule has 0 saturated heterocycles. The highest BCUT2D eigenvalue weighted by Crippen LogP contribution is 2.45. The highest BCUT2D eigenvalue weighted by Gasteiger charge is 2.30. The summed E-state index contributed by atoms with van der Waals surface area (Å²) in [6.07, 6.45) is 39.1. The van der Waals surface area contributed by atoms with Crippen LogP contribution in [0.3, 0.4) is 0 Å². The van der Waals surface area contributed by atoms with Gasteiger partial charge in [-0.1, -0.05) is 280 Å². The van der Waals surface area contributed by atoms with Crippen LogP contribution < -0.4 is 0 Å². The number of hydrogen-bond donors (Lipinski definition) is 3. The zero-order valence-corrected chi connectivity index (χ0v) is 58.4. The number of rotatable bonds is 65. The van der Waals surface area contributed by atoms with Crippen molar-refractivity contribution in [2.24, 2.45) is 23.7 Å². The molecular weight excluding hydrogens is 1150 g/mol. The first kappa shape index (κ1) is 85.1. The van der Waals surface area contributed by atoms with Gasteiger partial charge in [0, 0.05) is 25.7 Å². The quantitative estimate of drug-likeness (QED) is 0.0222. The summed E-state index contributed by atoms with van der Waals surface area (Å²) in [5.74, 6) is 0.803. The molecule has 0 rings (SSSR count). The number of ether oxygens (including phenoxy) is 4. The zero-order valence-electron chi connectivity index (χ0n) is 56.6. The summed E-state index contributed by atoms with van der Waals surface area (Å²) in [4.78, 5) is 72.4. The van der Waals surface area contributed by atoms with Gasteiger partial charge in [0.15, 0.2) is 12.2 Å². The molecule has 0 saturated carbocycles. The maximum absolute atomic E-state index is 13.0. The Morgan fingerprint density at radius 2 is 0.552 bits per heavy atom. The van der Waals surface area contributed by atoms with Crippen molar-refractivity contribution >= 4 is 39.5 Å². The van der Waals surface area contributed by atoms with Gasteiger partial charge >= 0.3 is 39.5 Å². The number of unbranched alkanes of at least 4 members (excludes halogenated alkanes) is 30. The highest BCUT2D eigenvalue weighted by molar-refractivity contribution is 7.47. The smallest absolute Gasteiger partial charge is 0.462 e. The number of hydrogen-bond acceptors (Lipinski definition) is 15. The molecule has 17 nitrogen and oxygen atoms in total. The van der Waals surface area contributed by atoms with Gasteiger partial charge in [-0.25, -0.2) is 9.13 Å². The molecule has 6 atom stereocenters. The number of esters is 4. The first-order chi connectivity index (χ1) is 41.6. The molecule has 0 radical (unpaired) electrons. The van der Waals surface area contributed by atoms with Crippen LogP contribution in [0.2, 0.25) is 0 Å². The van der Waals surface area contributed by atoms with Crippen LogP contribution in [-0.2, 0) is 65.4 Å². The lowest BCUT2D eigenvalue weighted by molar-refractivity contribution is -0.161. The van der Waals surface area contributed by atoms with Crippen LogP contribution in [0.1, 0.15) is 331 Å². The minimum Gasteiger partial charge on any atom is -0.462 e. The SMILES string of the molecule is CCC(C)CCCCCCCCCCC(=O)OC[C@H](COP(=O)(O)OC[C@@H](O)COP(=O)(O)OC[C@@H](COC(=O)CCCCCCCCC(C)C)OC(=O)CCCCCCCCCCCCCCCC(C)C)OC(=O)CCCCCCCCCC(C)C. The van der Waals surface area contributed by atoms with Gasteiger partial charge in [0.25, 0.3) is 0 Å². The molecule has 3 N–H and O–H groups in total. The van der Waals surface area contributed by atoms with E-state index in [9.17, 15) is 43.2 Å². The molecule has 87 heavy (non-hydrogen) atoms. The number of carbonyl (C=O) groups excluding carboxylic acids is 4. The van der Waals surface area contributed by atoms with Crippen LogP contribution in [0, 0.1) is 23.7 Å². The fourth-order valence-electron chi connectivity index (χ4n) is 10.1. The molecule has 0 aromatic carbocycles. The topological polar surface area (TPSA) is 237 Å². The van der Waals surface area contributed by atoms with E-state index in [0.717, 1.165) is 108 Å². The van der Waals surface area contributed by atoms with Crippen molar-refractivity contribution < 1.29 is 80.2 Å². The van der Waals surface area contributed by atoms with Crippen molar-refractivity contribution in [1.82, 2.24) is 0 Å². The standard InChI is InChI=1S/C68H132O17P2/c1-9-61(8)47-39-31-22-17-18-23-32-40-48-65(70)78-54-63(85-68(73)51-43-35-25-19-21-29-37-45-59(4)5)56-82-86(74,75)80-52-62(69)53-81-87(76,77)83-57-64(55-79-66(71)49-41-33-27-26-30-38-46-60(6)7)84-67(72)50-42-34-24-16-14-12-10-11-13-15-20-28-36-44-58(2)3/h58-64,69H,9-57H2,1-8H3,(H,74,75)(H,76,77)/t61?,62-,63-,64-/m1/s1. The van der Waals surface area contributed by atoms with E-state index in [1.807, 2.05) is 0 Å². The molecule has 516 valence electrons. The van der Waals surface area contributed by atoms with Gasteiger partial charge in [-0.05, 0) is 49.4 Å². The first-order valence-corrected chi connectivity index (χ1v) is 38.2. The third-order valence-electron chi connectivity index (χ3n) is 15.9. The number of phosphoric acid groups is 2. The summed E-state index contributed by atoms with van der Waals surface area (Å²) in [5.41, 5.74) is 0. The Balaban J connectivity index is 5.22. The van der Waals surface area contributed by atoms with Gasteiger partial charge in [0.2, 0.25) is 0 Å². The Bertz CT molecular complexity index is 1730. The van der Waals surface area contributed by atoms with Crippen molar-refractivity contribution in [2.45, 2.75) is 350 Å². The second-order valence-corrected chi connectivity index (χ2v) is 29.1. The van der Waals surface area contributed by atoms with Gasteiger partial charge < -0.3 is 33.8 Å². The maximum Gasteiger partial charge on any atom is 0.472 e. The van der Waals surface area contributed by atoms with Crippen LogP contribution in [0.25, 0.3) is 0 Å². The van der Waals surface area contributed by atoms with Crippen LogP contribution in [0.5, 0.6) is 0 Å². The molecule has 3 unspecified atom stereocenters. The largest absolute Gasteiger partial charge is 0.472 e. The van der Waals surface area contributed by atoms with E-state index >= 15 is 0 Å². The van der Waals surface area contributed by atoms with Gasteiger partial charge in [0.1, 0.15) is 19.3 Å². The predicted molar refractivity (Wildman–Crippen MR) is 349 cm³/mol. The summed E-state index contributed by atoms with van der Waals surface area (Å²) in [7, 11) is -9.90. The Hall–Kier alpha value is -1.94. The molecule has 0 heterocycles. The second-order valence-electron chi connectivity index (χ2n) is 26.2. The van der Waals surface area contributed by atoms with E-state index in [-0.39, 0.29) is 25.7 Å². The molecule has 19 heteroatoms. The van der Waals surface area contributed by atoms with E-state index in [1.165, 1.54) is 128 Å². The third-order valence-corrected chi connectivity index (χ3v) is 17.8. The normalized spacial score (nSPS) is 14.6. The molecule has 0 amide bonds. The average molecular weight is 1280 g/mol. The number of phosphoric ester groups is 2. The minimum atomic E-state index is -4.95. The van der Waals surface area contributed by atoms with Gasteiger partial charge in [-0.15, -0.1) is 0 Å². The van der Waals surface area contributed by atoms with Crippen LogP contribution in [0.15, 0.2) is 0 Å².